The maximum Gasteiger partial charge on any atom is 0.251 e. The van der Waals surface area contributed by atoms with Crippen molar-refractivity contribution >= 4 is 0 Å². The molecule has 28 heavy (non-hydrogen) atoms. The zero-order chi connectivity index (χ0) is 19.3. The molecule has 1 atom stereocenters. The lowest BCUT2D eigenvalue weighted by Crippen LogP contribution is -2.20. The summed E-state index contributed by atoms with van der Waals surface area (Å²) in [6.45, 7) is 2.56. The number of hydrogen-bond acceptors (Lipinski definition) is 6. The minimum Gasteiger partial charge on any atom is -0.420 e. The fourth-order valence-electron chi connectivity index (χ4n) is 3.66. The predicted molar refractivity (Wildman–Crippen MR) is 97.7 cm³/mol. The molecular weight excluding hydrogens is 361 g/mol. The van der Waals surface area contributed by atoms with E-state index >= 15 is 0 Å². The Labute approximate surface area is 160 Å². The minimum absolute atomic E-state index is 0.0703. The van der Waals surface area contributed by atoms with Crippen LogP contribution in [0.3, 0.4) is 0 Å². The summed E-state index contributed by atoms with van der Waals surface area (Å²) in [4.78, 5) is 0. The molecule has 4 aromatic rings. The van der Waals surface area contributed by atoms with Crippen LogP contribution in [0.5, 0.6) is 0 Å². The molecule has 8 nitrogen and oxygen atoms in total. The molecule has 1 aliphatic heterocycles. The normalized spacial score (nSPS) is 16.3. The third kappa shape index (κ3) is 2.79. The molecule has 0 amide bonds. The first-order chi connectivity index (χ1) is 13.6. The van der Waals surface area contributed by atoms with Gasteiger partial charge in [-0.3, -0.25) is 4.68 Å². The molecule has 1 aromatic carbocycles. The number of benzene rings is 1. The van der Waals surface area contributed by atoms with Gasteiger partial charge < -0.3 is 8.98 Å². The van der Waals surface area contributed by atoms with E-state index in [9.17, 15) is 4.39 Å². The highest BCUT2D eigenvalue weighted by atomic mass is 19.1. The van der Waals surface area contributed by atoms with Crippen molar-refractivity contribution in [3.05, 3.63) is 53.7 Å². The highest BCUT2D eigenvalue weighted by Crippen LogP contribution is 2.32. The van der Waals surface area contributed by atoms with Crippen LogP contribution >= 0.6 is 0 Å². The van der Waals surface area contributed by atoms with Gasteiger partial charge in [0, 0.05) is 31.8 Å². The molecule has 0 saturated heterocycles. The summed E-state index contributed by atoms with van der Waals surface area (Å²) in [6, 6.07) is 6.29. The number of hydrogen-bond donors (Lipinski definition) is 0. The Balaban J connectivity index is 1.44. The van der Waals surface area contributed by atoms with E-state index in [0.29, 0.717) is 18.3 Å². The van der Waals surface area contributed by atoms with Crippen molar-refractivity contribution in [2.24, 2.45) is 7.05 Å². The molecule has 0 saturated carbocycles. The monoisotopic (exact) mass is 379 g/mol. The topological polar surface area (TPSA) is 87.5 Å². The molecule has 9 heteroatoms. The van der Waals surface area contributed by atoms with E-state index in [1.807, 2.05) is 20.2 Å². The van der Waals surface area contributed by atoms with E-state index in [1.54, 1.807) is 16.8 Å². The van der Waals surface area contributed by atoms with Crippen LogP contribution in [0.15, 0.2) is 34.9 Å². The van der Waals surface area contributed by atoms with Crippen LogP contribution in [0.2, 0.25) is 0 Å². The summed E-state index contributed by atoms with van der Waals surface area (Å²) in [7, 11) is 1.86. The van der Waals surface area contributed by atoms with Gasteiger partial charge in [-0.15, -0.1) is 20.4 Å². The van der Waals surface area contributed by atoms with Gasteiger partial charge in [-0.05, 0) is 37.6 Å². The average Bonchev–Trinajstić information content (AvgIpc) is 3.40. The van der Waals surface area contributed by atoms with Crippen LogP contribution in [-0.4, -0.2) is 34.7 Å². The third-order valence-corrected chi connectivity index (χ3v) is 5.08. The smallest absolute Gasteiger partial charge is 0.251 e. The summed E-state index contributed by atoms with van der Waals surface area (Å²) in [5, 5.41) is 21.4. The quantitative estimate of drug-likeness (QED) is 0.544. The van der Waals surface area contributed by atoms with E-state index in [1.165, 1.54) is 12.1 Å². The second-order valence-corrected chi connectivity index (χ2v) is 7.04. The SMILES string of the molecule is Cc1nn(C)cc1-c1nnc(C2CCc3nnc(-c4ccc(F)cc4)n3C2)o1. The Morgan fingerprint density at radius 2 is 1.93 bits per heavy atom. The van der Waals surface area contributed by atoms with Gasteiger partial charge in [-0.1, -0.05) is 0 Å². The first-order valence-corrected chi connectivity index (χ1v) is 9.10. The highest BCUT2D eigenvalue weighted by molar-refractivity contribution is 5.56. The largest absolute Gasteiger partial charge is 0.420 e. The molecule has 1 aliphatic rings. The minimum atomic E-state index is -0.274. The lowest BCUT2D eigenvalue weighted by atomic mass is 9.99. The zero-order valence-corrected chi connectivity index (χ0v) is 15.5. The lowest BCUT2D eigenvalue weighted by Gasteiger charge is -2.21. The van der Waals surface area contributed by atoms with Crippen molar-refractivity contribution in [1.82, 2.24) is 34.7 Å². The number of halogens is 1. The van der Waals surface area contributed by atoms with Crippen molar-refractivity contribution in [2.75, 3.05) is 0 Å². The van der Waals surface area contributed by atoms with Crippen LogP contribution in [0.4, 0.5) is 4.39 Å². The molecule has 4 heterocycles. The molecule has 0 N–H and O–H groups in total. The standard InChI is InChI=1S/C19H18FN7O/c1-11-15(10-26(2)25-11)19-24-23-18(28-19)13-5-8-16-21-22-17(27(16)9-13)12-3-6-14(20)7-4-12/h3-4,6-7,10,13H,5,8-9H2,1-2H3. The lowest BCUT2D eigenvalue weighted by molar-refractivity contribution is 0.373. The highest BCUT2D eigenvalue weighted by Gasteiger charge is 2.28. The summed E-state index contributed by atoms with van der Waals surface area (Å²) in [5.41, 5.74) is 2.52. The summed E-state index contributed by atoms with van der Waals surface area (Å²) in [6.07, 6.45) is 3.50. The Kier molecular flexibility index (Phi) is 3.81. The number of aryl methyl sites for hydroxylation is 3. The number of nitrogens with zero attached hydrogens (tertiary/aromatic N) is 7. The van der Waals surface area contributed by atoms with Crippen molar-refractivity contribution < 1.29 is 8.81 Å². The van der Waals surface area contributed by atoms with Gasteiger partial charge in [0.2, 0.25) is 5.89 Å². The van der Waals surface area contributed by atoms with Crippen LogP contribution in [0.25, 0.3) is 22.8 Å². The first-order valence-electron chi connectivity index (χ1n) is 9.10. The molecule has 142 valence electrons. The predicted octanol–water partition coefficient (Wildman–Crippen LogP) is 2.91. The van der Waals surface area contributed by atoms with Gasteiger partial charge in [0.05, 0.1) is 17.2 Å². The average molecular weight is 379 g/mol. The van der Waals surface area contributed by atoms with Crippen molar-refractivity contribution in [2.45, 2.75) is 32.2 Å². The van der Waals surface area contributed by atoms with Crippen LogP contribution < -0.4 is 0 Å². The maximum absolute atomic E-state index is 13.2. The van der Waals surface area contributed by atoms with Crippen LogP contribution in [0, 0.1) is 12.7 Å². The van der Waals surface area contributed by atoms with E-state index in [-0.39, 0.29) is 11.7 Å². The van der Waals surface area contributed by atoms with Gasteiger partial charge in [-0.25, -0.2) is 4.39 Å². The third-order valence-electron chi connectivity index (χ3n) is 5.08. The first kappa shape index (κ1) is 16.8. The summed E-state index contributed by atoms with van der Waals surface area (Å²) < 4.78 is 23.0. The number of fused-ring (bicyclic) bond motifs is 1. The van der Waals surface area contributed by atoms with Gasteiger partial charge in [0.25, 0.3) is 5.89 Å². The number of aromatic nitrogens is 7. The van der Waals surface area contributed by atoms with E-state index < -0.39 is 0 Å². The molecule has 0 spiro atoms. The fourth-order valence-corrected chi connectivity index (χ4v) is 3.66. The van der Waals surface area contributed by atoms with Crippen LogP contribution in [-0.2, 0) is 20.0 Å². The summed E-state index contributed by atoms with van der Waals surface area (Å²) >= 11 is 0. The Hall–Kier alpha value is -3.36. The molecule has 0 radical (unpaired) electrons. The maximum atomic E-state index is 13.2. The Bertz CT molecular complexity index is 1140. The Morgan fingerprint density at radius 1 is 1.11 bits per heavy atom. The fraction of sp³-hybridized carbons (Fsp3) is 0.316. The van der Waals surface area contributed by atoms with Crippen molar-refractivity contribution in [3.63, 3.8) is 0 Å². The van der Waals surface area contributed by atoms with Gasteiger partial charge in [0.15, 0.2) is 5.82 Å². The van der Waals surface area contributed by atoms with Gasteiger partial charge in [-0.2, -0.15) is 5.10 Å². The molecule has 0 bridgehead atoms. The molecule has 1 unspecified atom stereocenters. The molecule has 5 rings (SSSR count). The van der Waals surface area contributed by atoms with Gasteiger partial charge >= 0.3 is 0 Å². The summed E-state index contributed by atoms with van der Waals surface area (Å²) in [5.74, 6) is 2.52. The second-order valence-electron chi connectivity index (χ2n) is 7.04. The second kappa shape index (κ2) is 6.36. The van der Waals surface area contributed by atoms with Crippen molar-refractivity contribution in [1.29, 1.82) is 0 Å². The Morgan fingerprint density at radius 3 is 2.68 bits per heavy atom. The zero-order valence-electron chi connectivity index (χ0n) is 15.5. The molecule has 3 aromatic heterocycles. The molecular formula is C19H18FN7O. The molecule has 0 fully saturated rings. The van der Waals surface area contributed by atoms with Crippen molar-refractivity contribution in [3.8, 4) is 22.8 Å². The van der Waals surface area contributed by atoms with E-state index in [2.05, 4.69) is 30.1 Å². The van der Waals surface area contributed by atoms with Gasteiger partial charge in [0.1, 0.15) is 11.6 Å². The van der Waals surface area contributed by atoms with E-state index in [4.69, 9.17) is 4.42 Å². The van der Waals surface area contributed by atoms with E-state index in [0.717, 1.165) is 41.3 Å². The van der Waals surface area contributed by atoms with Crippen LogP contribution in [0.1, 0.15) is 29.7 Å². The molecule has 0 aliphatic carbocycles. The number of rotatable bonds is 3.